The molecule has 3 aromatic carbocycles. The summed E-state index contributed by atoms with van der Waals surface area (Å²) in [5.41, 5.74) is 8.12. The molecule has 1 aliphatic heterocycles. The second-order valence-corrected chi connectivity index (χ2v) is 10.6. The van der Waals surface area contributed by atoms with E-state index in [2.05, 4.69) is 15.0 Å². The zero-order valence-corrected chi connectivity index (χ0v) is 22.5. The molecule has 0 radical (unpaired) electrons. The van der Waals surface area contributed by atoms with Crippen LogP contribution in [0, 0.1) is 6.92 Å². The van der Waals surface area contributed by atoms with E-state index in [0.717, 1.165) is 70.3 Å². The van der Waals surface area contributed by atoms with Crippen LogP contribution >= 0.6 is 11.3 Å². The number of Topliss-reactive ketones (excluding diaryl/α,β-unsaturated/α-hetero) is 2. The van der Waals surface area contributed by atoms with Gasteiger partial charge in [-0.2, -0.15) is 5.10 Å². The van der Waals surface area contributed by atoms with Gasteiger partial charge in [-0.1, -0.05) is 18.2 Å². The lowest BCUT2D eigenvalue weighted by Gasteiger charge is -2.28. The Hall–Kier alpha value is -4.14. The number of rotatable bonds is 8. The van der Waals surface area contributed by atoms with Crippen LogP contribution in [0.25, 0.3) is 16.6 Å². The lowest BCUT2D eigenvalue weighted by atomic mass is 10.0. The van der Waals surface area contributed by atoms with Crippen molar-refractivity contribution in [1.82, 2.24) is 14.8 Å². The highest BCUT2D eigenvalue weighted by Crippen LogP contribution is 2.23. The molecule has 1 aliphatic rings. The third-order valence-electron chi connectivity index (χ3n) is 7.11. The molecule has 0 aliphatic carbocycles. The minimum Gasteiger partial charge on any atom is -0.378 e. The largest absolute Gasteiger partial charge is 0.378 e. The summed E-state index contributed by atoms with van der Waals surface area (Å²) >= 11 is 1.39. The van der Waals surface area contributed by atoms with Gasteiger partial charge in [0, 0.05) is 42.6 Å². The van der Waals surface area contributed by atoms with Crippen molar-refractivity contribution in [2.24, 2.45) is 0 Å². The molecule has 8 heteroatoms. The summed E-state index contributed by atoms with van der Waals surface area (Å²) in [7, 11) is 0. The molecule has 7 nitrogen and oxygen atoms in total. The molecular weight excluding hydrogens is 508 g/mol. The summed E-state index contributed by atoms with van der Waals surface area (Å²) in [5.74, 6) is 0.177. The number of thiazole rings is 1. The molecule has 0 amide bonds. The van der Waals surface area contributed by atoms with Crippen LogP contribution in [0.3, 0.4) is 0 Å². The topological polar surface area (TPSA) is 77.3 Å². The molecule has 39 heavy (non-hydrogen) atoms. The van der Waals surface area contributed by atoms with Gasteiger partial charge >= 0.3 is 0 Å². The molecule has 3 heterocycles. The van der Waals surface area contributed by atoms with Crippen LogP contribution in [0.15, 0.2) is 78.4 Å². The highest BCUT2D eigenvalue weighted by molar-refractivity contribution is 7.11. The van der Waals surface area contributed by atoms with E-state index in [4.69, 9.17) is 4.74 Å². The third kappa shape index (κ3) is 5.39. The molecule has 0 bridgehead atoms. The lowest BCUT2D eigenvalue weighted by molar-refractivity contribution is 0.0986. The van der Waals surface area contributed by atoms with Crippen molar-refractivity contribution in [1.29, 1.82) is 0 Å². The molecule has 0 saturated carbocycles. The summed E-state index contributed by atoms with van der Waals surface area (Å²) in [5, 5.41) is 5.56. The van der Waals surface area contributed by atoms with Gasteiger partial charge in [-0.15, -0.1) is 11.3 Å². The van der Waals surface area contributed by atoms with Gasteiger partial charge in [0.1, 0.15) is 0 Å². The van der Waals surface area contributed by atoms with Gasteiger partial charge in [0.2, 0.25) is 0 Å². The predicted octanol–water partition coefficient (Wildman–Crippen LogP) is 5.48. The van der Waals surface area contributed by atoms with Crippen LogP contribution in [0.5, 0.6) is 0 Å². The number of carbonyl (C=O) groups is 2. The van der Waals surface area contributed by atoms with Gasteiger partial charge in [0.15, 0.2) is 11.6 Å². The number of hydrogen-bond acceptors (Lipinski definition) is 7. The maximum atomic E-state index is 13.0. The van der Waals surface area contributed by atoms with Crippen LogP contribution in [0.2, 0.25) is 0 Å². The van der Waals surface area contributed by atoms with E-state index in [1.807, 2.05) is 84.5 Å². The second kappa shape index (κ2) is 10.9. The SMILES string of the molecule is Cc1ncsc1C(=O)Cc1ccc(-n2ncc3cc(CC(=O)c4ccc(N5CCOCC5)cc4)ccc32)cc1. The average Bonchev–Trinajstić information content (AvgIpc) is 3.60. The van der Waals surface area contributed by atoms with E-state index in [-0.39, 0.29) is 11.6 Å². The van der Waals surface area contributed by atoms with Gasteiger partial charge in [-0.3, -0.25) is 9.59 Å². The molecule has 0 unspecified atom stereocenters. The third-order valence-corrected chi connectivity index (χ3v) is 8.08. The number of hydrogen-bond donors (Lipinski definition) is 0. The summed E-state index contributed by atoms with van der Waals surface area (Å²) in [6.45, 7) is 5.08. The number of ether oxygens (including phenoxy) is 1. The van der Waals surface area contributed by atoms with E-state index < -0.39 is 0 Å². The highest BCUT2D eigenvalue weighted by atomic mass is 32.1. The number of benzene rings is 3. The van der Waals surface area contributed by atoms with Crippen LogP contribution < -0.4 is 4.90 Å². The second-order valence-electron chi connectivity index (χ2n) is 9.73. The number of aromatic nitrogens is 3. The Morgan fingerprint density at radius 3 is 2.28 bits per heavy atom. The Labute approximate surface area is 230 Å². The van der Waals surface area contributed by atoms with Crippen molar-refractivity contribution >= 4 is 39.5 Å². The fourth-order valence-corrected chi connectivity index (χ4v) is 5.70. The molecule has 0 atom stereocenters. The highest BCUT2D eigenvalue weighted by Gasteiger charge is 2.15. The van der Waals surface area contributed by atoms with E-state index in [1.54, 1.807) is 5.51 Å². The summed E-state index contributed by atoms with van der Waals surface area (Å²) in [4.78, 5) is 32.7. The van der Waals surface area contributed by atoms with Crippen LogP contribution in [-0.4, -0.2) is 52.6 Å². The van der Waals surface area contributed by atoms with E-state index >= 15 is 0 Å². The minimum atomic E-state index is 0.0856. The Morgan fingerprint density at radius 1 is 0.872 bits per heavy atom. The molecule has 6 rings (SSSR count). The fourth-order valence-electron chi connectivity index (χ4n) is 4.96. The summed E-state index contributed by atoms with van der Waals surface area (Å²) in [6.07, 6.45) is 2.50. The van der Waals surface area contributed by atoms with E-state index in [0.29, 0.717) is 18.4 Å². The number of carbonyl (C=O) groups excluding carboxylic acids is 2. The Kier molecular flexibility index (Phi) is 7.04. The predicted molar refractivity (Wildman–Crippen MR) is 153 cm³/mol. The van der Waals surface area contributed by atoms with E-state index in [1.165, 1.54) is 11.3 Å². The molecule has 1 saturated heterocycles. The van der Waals surface area contributed by atoms with Gasteiger partial charge in [0.25, 0.3) is 0 Å². The first-order chi connectivity index (χ1) is 19.0. The average molecular weight is 537 g/mol. The zero-order chi connectivity index (χ0) is 26.8. The molecule has 5 aromatic rings. The standard InChI is InChI=1S/C31H28N4O3S/c1-21-31(39-20-32-21)30(37)17-22-2-7-27(8-3-22)35-28-11-4-23(16-25(28)19-33-35)18-29(36)24-5-9-26(10-6-24)34-12-14-38-15-13-34/h2-11,16,19-20H,12-15,17-18H2,1H3. The Balaban J connectivity index is 1.13. The minimum absolute atomic E-state index is 0.0856. The number of ketones is 2. The first kappa shape index (κ1) is 25.2. The maximum Gasteiger partial charge on any atom is 0.179 e. The molecule has 0 spiro atoms. The van der Waals surface area contributed by atoms with Gasteiger partial charge in [0.05, 0.1) is 46.7 Å². The molecule has 196 valence electrons. The molecule has 2 aromatic heterocycles. The van der Waals surface area contributed by atoms with Crippen molar-refractivity contribution in [3.63, 3.8) is 0 Å². The number of fused-ring (bicyclic) bond motifs is 1. The smallest absolute Gasteiger partial charge is 0.179 e. The van der Waals surface area contributed by atoms with E-state index in [9.17, 15) is 9.59 Å². The van der Waals surface area contributed by atoms with Crippen molar-refractivity contribution in [2.45, 2.75) is 19.8 Å². The normalized spacial score (nSPS) is 13.6. The monoisotopic (exact) mass is 536 g/mol. The fraction of sp³-hybridized carbons (Fsp3) is 0.226. The van der Waals surface area contributed by atoms with Crippen molar-refractivity contribution < 1.29 is 14.3 Å². The van der Waals surface area contributed by atoms with Crippen LogP contribution in [0.4, 0.5) is 5.69 Å². The molecule has 0 N–H and O–H groups in total. The quantitative estimate of drug-likeness (QED) is 0.245. The van der Waals surface area contributed by atoms with Crippen LogP contribution in [-0.2, 0) is 17.6 Å². The number of aryl methyl sites for hydroxylation is 1. The number of anilines is 1. The summed E-state index contributed by atoms with van der Waals surface area (Å²) < 4.78 is 7.30. The van der Waals surface area contributed by atoms with Gasteiger partial charge in [-0.05, 0) is 66.6 Å². The first-order valence-electron chi connectivity index (χ1n) is 13.0. The Bertz CT molecular complexity index is 1630. The van der Waals surface area contributed by atoms with Gasteiger partial charge < -0.3 is 9.64 Å². The van der Waals surface area contributed by atoms with Gasteiger partial charge in [-0.25, -0.2) is 9.67 Å². The first-order valence-corrected chi connectivity index (χ1v) is 13.9. The number of morpholine rings is 1. The maximum absolute atomic E-state index is 13.0. The molecular formula is C31H28N4O3S. The number of nitrogens with zero attached hydrogens (tertiary/aromatic N) is 4. The van der Waals surface area contributed by atoms with Crippen LogP contribution in [0.1, 0.15) is 36.9 Å². The van der Waals surface area contributed by atoms with Crippen molar-refractivity contribution in [3.8, 4) is 5.69 Å². The Morgan fingerprint density at radius 2 is 1.56 bits per heavy atom. The molecule has 1 fully saturated rings. The zero-order valence-electron chi connectivity index (χ0n) is 21.7. The lowest BCUT2D eigenvalue weighted by Crippen LogP contribution is -2.36. The summed E-state index contributed by atoms with van der Waals surface area (Å²) in [6, 6.07) is 21.8. The van der Waals surface area contributed by atoms with Crippen molar-refractivity contribution in [2.75, 3.05) is 31.2 Å². The van der Waals surface area contributed by atoms with Crippen molar-refractivity contribution in [3.05, 3.63) is 106 Å².